The number of carbonyl (C=O) groups is 1. The highest BCUT2D eigenvalue weighted by Crippen LogP contribution is 2.30. The van der Waals surface area contributed by atoms with E-state index in [1.54, 1.807) is 17.6 Å². The molecule has 0 saturated carbocycles. The fraction of sp³-hybridized carbons (Fsp3) is 0. The van der Waals surface area contributed by atoms with Crippen molar-refractivity contribution in [3.63, 3.8) is 0 Å². The van der Waals surface area contributed by atoms with E-state index in [2.05, 4.69) is 4.98 Å². The Labute approximate surface area is 82.3 Å². The fourth-order valence-corrected chi connectivity index (χ4v) is 2.63. The molecule has 3 nitrogen and oxygen atoms in total. The second-order valence-electron chi connectivity index (χ2n) is 2.31. The molecule has 0 aliphatic rings. The van der Waals surface area contributed by atoms with Gasteiger partial charge in [0.25, 0.3) is 0 Å². The molecule has 0 atom stereocenters. The van der Waals surface area contributed by atoms with Crippen LogP contribution >= 0.6 is 22.7 Å². The molecule has 1 N–H and O–H groups in total. The lowest BCUT2D eigenvalue weighted by molar-refractivity contribution is 0.0698. The molecule has 0 aliphatic carbocycles. The van der Waals surface area contributed by atoms with Crippen LogP contribution in [0.2, 0.25) is 0 Å². The lowest BCUT2D eigenvalue weighted by Gasteiger charge is -1.92. The number of rotatable bonds is 2. The Bertz CT molecular complexity index is 419. The number of carboxylic acids is 1. The lowest BCUT2D eigenvalue weighted by atomic mass is 10.3. The second kappa shape index (κ2) is 3.27. The molecule has 0 unspecified atom stereocenters. The molecule has 2 aromatic rings. The molecule has 13 heavy (non-hydrogen) atoms. The zero-order valence-corrected chi connectivity index (χ0v) is 8.06. The highest BCUT2D eigenvalue weighted by atomic mass is 32.1. The topological polar surface area (TPSA) is 50.2 Å². The van der Waals surface area contributed by atoms with Crippen LogP contribution in [0.4, 0.5) is 0 Å². The van der Waals surface area contributed by atoms with Crippen LogP contribution < -0.4 is 0 Å². The molecule has 0 radical (unpaired) electrons. The summed E-state index contributed by atoms with van der Waals surface area (Å²) in [5.74, 6) is -0.897. The smallest absolute Gasteiger partial charge is 0.337 e. The summed E-state index contributed by atoms with van der Waals surface area (Å²) in [6.07, 6.45) is 1.67. The van der Waals surface area contributed by atoms with Gasteiger partial charge in [0.15, 0.2) is 0 Å². The Morgan fingerprint density at radius 2 is 2.23 bits per heavy atom. The quantitative estimate of drug-likeness (QED) is 0.830. The van der Waals surface area contributed by atoms with Crippen LogP contribution in [-0.2, 0) is 0 Å². The van der Waals surface area contributed by atoms with Gasteiger partial charge < -0.3 is 5.11 Å². The number of nitrogens with zero attached hydrogens (tertiary/aromatic N) is 1. The lowest BCUT2D eigenvalue weighted by Crippen LogP contribution is -1.94. The van der Waals surface area contributed by atoms with E-state index in [0.29, 0.717) is 5.56 Å². The minimum atomic E-state index is -0.897. The zero-order valence-electron chi connectivity index (χ0n) is 6.43. The molecular weight excluding hydrogens is 206 g/mol. The molecule has 0 aromatic carbocycles. The van der Waals surface area contributed by atoms with Crippen LogP contribution in [0, 0.1) is 0 Å². The van der Waals surface area contributed by atoms with Gasteiger partial charge in [0, 0.05) is 11.6 Å². The summed E-state index contributed by atoms with van der Waals surface area (Å²) in [7, 11) is 0. The Morgan fingerprint density at radius 3 is 2.85 bits per heavy atom. The Morgan fingerprint density at radius 1 is 1.38 bits per heavy atom. The van der Waals surface area contributed by atoms with E-state index in [1.165, 1.54) is 22.7 Å². The summed E-state index contributed by atoms with van der Waals surface area (Å²) < 4.78 is 0. The van der Waals surface area contributed by atoms with Gasteiger partial charge in [0.05, 0.1) is 10.4 Å². The third-order valence-corrected chi connectivity index (χ3v) is 3.36. The maximum atomic E-state index is 10.8. The van der Waals surface area contributed by atoms with Gasteiger partial charge in [-0.15, -0.1) is 22.7 Å². The van der Waals surface area contributed by atoms with E-state index in [-0.39, 0.29) is 0 Å². The molecule has 2 heterocycles. The van der Waals surface area contributed by atoms with E-state index in [1.807, 2.05) is 5.38 Å². The molecule has 0 aliphatic heterocycles. The molecule has 0 spiro atoms. The number of aromatic nitrogens is 1. The number of aromatic carboxylic acids is 1. The first kappa shape index (κ1) is 8.40. The zero-order chi connectivity index (χ0) is 9.26. The second-order valence-corrected chi connectivity index (χ2v) is 4.12. The van der Waals surface area contributed by atoms with Gasteiger partial charge in [-0.25, -0.2) is 9.78 Å². The van der Waals surface area contributed by atoms with Gasteiger partial charge in [0.1, 0.15) is 5.01 Å². The highest BCUT2D eigenvalue weighted by molar-refractivity contribution is 7.20. The van der Waals surface area contributed by atoms with E-state index in [0.717, 1.165) is 9.88 Å². The third kappa shape index (κ3) is 1.48. The Hall–Kier alpha value is -1.20. The van der Waals surface area contributed by atoms with Crippen LogP contribution in [0.25, 0.3) is 9.88 Å². The number of thiophene rings is 1. The van der Waals surface area contributed by atoms with Crippen LogP contribution in [0.15, 0.2) is 23.0 Å². The van der Waals surface area contributed by atoms with Crippen molar-refractivity contribution in [2.75, 3.05) is 0 Å². The number of thiazole rings is 1. The predicted molar refractivity (Wildman–Crippen MR) is 52.4 cm³/mol. The minimum Gasteiger partial charge on any atom is -0.478 e. The summed E-state index contributed by atoms with van der Waals surface area (Å²) in [6.45, 7) is 0. The van der Waals surface area contributed by atoms with Gasteiger partial charge >= 0.3 is 5.97 Å². The van der Waals surface area contributed by atoms with Crippen molar-refractivity contribution in [2.45, 2.75) is 0 Å². The summed E-state index contributed by atoms with van der Waals surface area (Å²) in [5, 5.41) is 13.2. The standard InChI is InChI=1S/C8H5NO2S2/c10-8(11)5-1-3-12-6(5)7-9-2-4-13-7/h1-4H,(H,10,11). The fourth-order valence-electron chi connectivity index (χ4n) is 0.979. The first-order valence-corrected chi connectivity index (χ1v) is 5.25. The highest BCUT2D eigenvalue weighted by Gasteiger charge is 2.14. The van der Waals surface area contributed by atoms with Gasteiger partial charge in [-0.1, -0.05) is 0 Å². The van der Waals surface area contributed by atoms with E-state index in [4.69, 9.17) is 5.11 Å². The van der Waals surface area contributed by atoms with Crippen molar-refractivity contribution in [2.24, 2.45) is 0 Å². The number of carboxylic acid groups (broad SMARTS) is 1. The van der Waals surface area contributed by atoms with Gasteiger partial charge in [-0.05, 0) is 11.4 Å². The Kier molecular flexibility index (Phi) is 2.12. The molecule has 2 aromatic heterocycles. The maximum Gasteiger partial charge on any atom is 0.337 e. The predicted octanol–water partition coefficient (Wildman–Crippen LogP) is 2.57. The summed E-state index contributed by atoms with van der Waals surface area (Å²) in [4.78, 5) is 15.6. The summed E-state index contributed by atoms with van der Waals surface area (Å²) in [5.41, 5.74) is 0.333. The molecule has 66 valence electrons. The molecule has 2 rings (SSSR count). The summed E-state index contributed by atoms with van der Waals surface area (Å²) in [6, 6.07) is 1.60. The van der Waals surface area contributed by atoms with Gasteiger partial charge in [-0.3, -0.25) is 0 Å². The molecule has 5 heteroatoms. The first-order chi connectivity index (χ1) is 6.29. The van der Waals surface area contributed by atoms with Crippen LogP contribution in [0.3, 0.4) is 0 Å². The van der Waals surface area contributed by atoms with E-state index < -0.39 is 5.97 Å². The SMILES string of the molecule is O=C(O)c1ccsc1-c1nccs1. The average Bonchev–Trinajstić information content (AvgIpc) is 2.74. The largest absolute Gasteiger partial charge is 0.478 e. The summed E-state index contributed by atoms with van der Waals surface area (Å²) >= 11 is 2.85. The first-order valence-electron chi connectivity index (χ1n) is 3.49. The van der Waals surface area contributed by atoms with Crippen molar-refractivity contribution < 1.29 is 9.90 Å². The average molecular weight is 211 g/mol. The molecule has 0 amide bonds. The normalized spacial score (nSPS) is 10.2. The van der Waals surface area contributed by atoms with Crippen molar-refractivity contribution in [3.05, 3.63) is 28.6 Å². The van der Waals surface area contributed by atoms with Crippen LogP contribution in [0.5, 0.6) is 0 Å². The van der Waals surface area contributed by atoms with Crippen molar-refractivity contribution in [1.29, 1.82) is 0 Å². The molecule has 0 saturated heterocycles. The molecule has 0 bridgehead atoms. The van der Waals surface area contributed by atoms with E-state index in [9.17, 15) is 4.79 Å². The van der Waals surface area contributed by atoms with Crippen molar-refractivity contribution in [1.82, 2.24) is 4.98 Å². The van der Waals surface area contributed by atoms with E-state index >= 15 is 0 Å². The van der Waals surface area contributed by atoms with Crippen LogP contribution in [-0.4, -0.2) is 16.1 Å². The van der Waals surface area contributed by atoms with Crippen molar-refractivity contribution >= 4 is 28.6 Å². The van der Waals surface area contributed by atoms with Gasteiger partial charge in [0.2, 0.25) is 0 Å². The number of hydrogen-bond acceptors (Lipinski definition) is 4. The minimum absolute atomic E-state index is 0.333. The molecular formula is C8H5NO2S2. The number of hydrogen-bond donors (Lipinski definition) is 1. The maximum absolute atomic E-state index is 10.8. The van der Waals surface area contributed by atoms with Crippen molar-refractivity contribution in [3.8, 4) is 9.88 Å². The van der Waals surface area contributed by atoms with Crippen LogP contribution in [0.1, 0.15) is 10.4 Å². The monoisotopic (exact) mass is 211 g/mol. The molecule has 0 fully saturated rings. The third-order valence-electron chi connectivity index (χ3n) is 1.52. The Balaban J connectivity index is 2.52. The van der Waals surface area contributed by atoms with Gasteiger partial charge in [-0.2, -0.15) is 0 Å².